The molecule has 1 aliphatic heterocycles. The first-order chi connectivity index (χ1) is 9.81. The summed E-state index contributed by atoms with van der Waals surface area (Å²) in [6, 6.07) is 11.7. The fourth-order valence-electron chi connectivity index (χ4n) is 2.58. The van der Waals surface area contributed by atoms with Crippen LogP contribution < -0.4 is 10.2 Å². The fraction of sp³-hybridized carbons (Fsp3) is 0.250. The molecule has 102 valence electrons. The van der Waals surface area contributed by atoms with E-state index in [4.69, 9.17) is 0 Å². The van der Waals surface area contributed by atoms with E-state index in [1.165, 1.54) is 5.56 Å². The second kappa shape index (κ2) is 5.33. The first-order valence-corrected chi connectivity index (χ1v) is 6.90. The monoisotopic (exact) mass is 267 g/mol. The minimum Gasteiger partial charge on any atom is -0.370 e. The highest BCUT2D eigenvalue weighted by Crippen LogP contribution is 2.29. The molecule has 0 radical (unpaired) electrons. The Labute approximate surface area is 118 Å². The van der Waals surface area contributed by atoms with Gasteiger partial charge in [-0.05, 0) is 37.1 Å². The summed E-state index contributed by atoms with van der Waals surface area (Å²) in [5.74, 6) is 0.670. The maximum atomic E-state index is 12.8. The van der Waals surface area contributed by atoms with Crippen LogP contribution >= 0.6 is 0 Å². The highest BCUT2D eigenvalue weighted by atomic mass is 16.2. The average Bonchev–Trinajstić information content (AvgIpc) is 2.91. The number of anilines is 2. The summed E-state index contributed by atoms with van der Waals surface area (Å²) in [6.45, 7) is 3.47. The van der Waals surface area contributed by atoms with Gasteiger partial charge in [0.1, 0.15) is 5.82 Å². The van der Waals surface area contributed by atoms with Gasteiger partial charge in [0.05, 0.1) is 5.56 Å². The van der Waals surface area contributed by atoms with Crippen LogP contribution in [0.15, 0.2) is 42.6 Å². The molecule has 1 aliphatic rings. The van der Waals surface area contributed by atoms with Crippen LogP contribution in [0.1, 0.15) is 22.8 Å². The number of fused-ring (bicyclic) bond motifs is 1. The van der Waals surface area contributed by atoms with Crippen LogP contribution in [0.2, 0.25) is 0 Å². The molecule has 1 amide bonds. The molecule has 0 atom stereocenters. The normalized spacial score (nSPS) is 13.2. The van der Waals surface area contributed by atoms with E-state index < -0.39 is 0 Å². The molecule has 1 aromatic heterocycles. The van der Waals surface area contributed by atoms with E-state index in [2.05, 4.69) is 16.4 Å². The molecule has 2 aromatic rings. The van der Waals surface area contributed by atoms with Crippen LogP contribution in [0.3, 0.4) is 0 Å². The van der Waals surface area contributed by atoms with Crippen molar-refractivity contribution in [3.63, 3.8) is 0 Å². The number of hydrogen-bond donors (Lipinski definition) is 1. The summed E-state index contributed by atoms with van der Waals surface area (Å²) in [5.41, 5.74) is 2.88. The summed E-state index contributed by atoms with van der Waals surface area (Å²) in [5, 5.41) is 3.15. The predicted molar refractivity (Wildman–Crippen MR) is 80.2 cm³/mol. The molecule has 0 saturated heterocycles. The third kappa shape index (κ3) is 2.13. The van der Waals surface area contributed by atoms with Gasteiger partial charge in [0, 0.05) is 25.0 Å². The highest BCUT2D eigenvalue weighted by molar-refractivity contribution is 6.10. The fourth-order valence-corrected chi connectivity index (χ4v) is 2.58. The lowest BCUT2D eigenvalue weighted by Gasteiger charge is -2.19. The molecule has 0 spiro atoms. The van der Waals surface area contributed by atoms with E-state index in [-0.39, 0.29) is 5.91 Å². The summed E-state index contributed by atoms with van der Waals surface area (Å²) in [7, 11) is 0. The van der Waals surface area contributed by atoms with Gasteiger partial charge in [0.15, 0.2) is 0 Å². The van der Waals surface area contributed by atoms with Gasteiger partial charge in [-0.15, -0.1) is 0 Å². The largest absolute Gasteiger partial charge is 0.370 e. The van der Waals surface area contributed by atoms with Crippen molar-refractivity contribution >= 4 is 17.4 Å². The molecule has 4 nitrogen and oxygen atoms in total. The van der Waals surface area contributed by atoms with Gasteiger partial charge >= 0.3 is 0 Å². The predicted octanol–water partition coefficient (Wildman–Crippen LogP) is 2.72. The smallest absolute Gasteiger partial charge is 0.262 e. The minimum atomic E-state index is 0.0130. The second-order valence-corrected chi connectivity index (χ2v) is 4.77. The van der Waals surface area contributed by atoms with Crippen molar-refractivity contribution in [3.8, 4) is 0 Å². The maximum absolute atomic E-state index is 12.8. The van der Waals surface area contributed by atoms with Crippen molar-refractivity contribution in [2.24, 2.45) is 0 Å². The van der Waals surface area contributed by atoms with Crippen molar-refractivity contribution in [2.45, 2.75) is 13.3 Å². The standard InChI is InChI=1S/C16H17N3O/c1-2-17-15-13(7-5-10-18-15)16(20)19-11-9-12-6-3-4-8-14(12)19/h3-8,10H,2,9,11H2,1H3,(H,17,18). The van der Waals surface area contributed by atoms with Crippen LogP contribution in [0.5, 0.6) is 0 Å². The number of nitrogens with zero attached hydrogens (tertiary/aromatic N) is 2. The number of carbonyl (C=O) groups is 1. The lowest BCUT2D eigenvalue weighted by Crippen LogP contribution is -2.29. The summed E-state index contributed by atoms with van der Waals surface area (Å²) in [4.78, 5) is 18.8. The third-order valence-electron chi connectivity index (χ3n) is 3.51. The number of benzene rings is 1. The number of pyridine rings is 1. The van der Waals surface area contributed by atoms with Crippen molar-refractivity contribution < 1.29 is 4.79 Å². The molecule has 0 aliphatic carbocycles. The number of rotatable bonds is 3. The lowest BCUT2D eigenvalue weighted by molar-refractivity contribution is 0.0990. The Kier molecular flexibility index (Phi) is 3.37. The zero-order chi connectivity index (χ0) is 13.9. The number of aromatic nitrogens is 1. The zero-order valence-electron chi connectivity index (χ0n) is 11.5. The highest BCUT2D eigenvalue weighted by Gasteiger charge is 2.26. The molecule has 0 bridgehead atoms. The molecule has 4 heteroatoms. The van der Waals surface area contributed by atoms with E-state index in [1.807, 2.05) is 36.1 Å². The van der Waals surface area contributed by atoms with Crippen LogP contribution in [0.25, 0.3) is 0 Å². The van der Waals surface area contributed by atoms with Gasteiger partial charge in [-0.3, -0.25) is 4.79 Å². The van der Waals surface area contributed by atoms with E-state index in [1.54, 1.807) is 12.3 Å². The van der Waals surface area contributed by atoms with Gasteiger partial charge in [-0.2, -0.15) is 0 Å². The number of amides is 1. The van der Waals surface area contributed by atoms with Gasteiger partial charge in [0.2, 0.25) is 0 Å². The lowest BCUT2D eigenvalue weighted by atomic mass is 10.1. The zero-order valence-corrected chi connectivity index (χ0v) is 11.5. The Morgan fingerprint density at radius 3 is 3.00 bits per heavy atom. The van der Waals surface area contributed by atoms with E-state index >= 15 is 0 Å². The summed E-state index contributed by atoms with van der Waals surface area (Å²) >= 11 is 0. The molecular formula is C16H17N3O. The third-order valence-corrected chi connectivity index (χ3v) is 3.51. The van der Waals surface area contributed by atoms with E-state index in [0.29, 0.717) is 11.4 Å². The van der Waals surface area contributed by atoms with Crippen LogP contribution in [-0.4, -0.2) is 24.0 Å². The molecule has 2 heterocycles. The minimum absolute atomic E-state index is 0.0130. The van der Waals surface area contributed by atoms with Crippen molar-refractivity contribution in [1.82, 2.24) is 4.98 Å². The average molecular weight is 267 g/mol. The summed E-state index contributed by atoms with van der Waals surface area (Å²) < 4.78 is 0. The number of hydrogen-bond acceptors (Lipinski definition) is 3. The number of carbonyl (C=O) groups excluding carboxylic acids is 1. The van der Waals surface area contributed by atoms with Gasteiger partial charge in [-0.1, -0.05) is 18.2 Å². The Balaban J connectivity index is 1.95. The molecule has 20 heavy (non-hydrogen) atoms. The Hall–Kier alpha value is -2.36. The molecular weight excluding hydrogens is 250 g/mol. The molecule has 0 fully saturated rings. The van der Waals surface area contributed by atoms with E-state index in [9.17, 15) is 4.79 Å². The summed E-state index contributed by atoms with van der Waals surface area (Å²) in [6.07, 6.45) is 2.62. The van der Waals surface area contributed by atoms with Crippen LogP contribution in [0, 0.1) is 0 Å². The Morgan fingerprint density at radius 2 is 2.15 bits per heavy atom. The SMILES string of the molecule is CCNc1ncccc1C(=O)N1CCc2ccccc21. The van der Waals surface area contributed by atoms with E-state index in [0.717, 1.165) is 25.2 Å². The number of nitrogens with one attached hydrogen (secondary N) is 1. The van der Waals surface area contributed by atoms with Crippen LogP contribution in [0.4, 0.5) is 11.5 Å². The van der Waals surface area contributed by atoms with Gasteiger partial charge < -0.3 is 10.2 Å². The van der Waals surface area contributed by atoms with Gasteiger partial charge in [-0.25, -0.2) is 4.98 Å². The van der Waals surface area contributed by atoms with Gasteiger partial charge in [0.25, 0.3) is 5.91 Å². The second-order valence-electron chi connectivity index (χ2n) is 4.77. The van der Waals surface area contributed by atoms with Crippen molar-refractivity contribution in [3.05, 3.63) is 53.7 Å². The molecule has 1 N–H and O–H groups in total. The molecule has 0 saturated carbocycles. The van der Waals surface area contributed by atoms with Crippen molar-refractivity contribution in [1.29, 1.82) is 0 Å². The first-order valence-electron chi connectivity index (χ1n) is 6.90. The topological polar surface area (TPSA) is 45.2 Å². The Morgan fingerprint density at radius 1 is 1.30 bits per heavy atom. The first kappa shape index (κ1) is 12.7. The molecule has 3 rings (SSSR count). The maximum Gasteiger partial charge on any atom is 0.262 e. The quantitative estimate of drug-likeness (QED) is 0.930. The number of para-hydroxylation sites is 1. The van der Waals surface area contributed by atoms with Crippen LogP contribution in [-0.2, 0) is 6.42 Å². The Bertz CT molecular complexity index is 639. The van der Waals surface area contributed by atoms with Crippen molar-refractivity contribution in [2.75, 3.05) is 23.3 Å². The molecule has 0 unspecified atom stereocenters. The molecule has 1 aromatic carbocycles.